The van der Waals surface area contributed by atoms with E-state index in [9.17, 15) is 4.39 Å². The monoisotopic (exact) mass is 340 g/mol. The third-order valence-electron chi connectivity index (χ3n) is 5.16. The molecule has 3 heteroatoms. The fourth-order valence-electron chi connectivity index (χ4n) is 4.01. The smallest absolute Gasteiger partial charge is 0.145 e. The fraction of sp³-hybridized carbons (Fsp3) is 0.0870. The summed E-state index contributed by atoms with van der Waals surface area (Å²) in [6.45, 7) is 4.21. The highest BCUT2D eigenvalue weighted by molar-refractivity contribution is 6.12. The van der Waals surface area contributed by atoms with Crippen molar-refractivity contribution in [3.63, 3.8) is 0 Å². The Kier molecular flexibility index (Phi) is 3.13. The van der Waals surface area contributed by atoms with E-state index in [2.05, 4.69) is 48.6 Å². The maximum Gasteiger partial charge on any atom is 0.145 e. The normalized spacial score (nSPS) is 11.7. The third kappa shape index (κ3) is 2.00. The molecule has 0 aliphatic carbocycles. The van der Waals surface area contributed by atoms with Gasteiger partial charge in [-0.1, -0.05) is 42.5 Å². The molecular formula is C23H17FN2. The number of rotatable bonds is 1. The number of imidazole rings is 1. The van der Waals surface area contributed by atoms with Crippen LogP contribution in [0.15, 0.2) is 66.9 Å². The topological polar surface area (TPSA) is 17.3 Å². The Balaban J connectivity index is 2.06. The minimum atomic E-state index is -0.241. The van der Waals surface area contributed by atoms with Crippen LogP contribution in [0.2, 0.25) is 0 Å². The number of halogens is 1. The Hall–Kier alpha value is -3.20. The molecule has 2 heterocycles. The van der Waals surface area contributed by atoms with E-state index in [0.717, 1.165) is 38.6 Å². The molecule has 0 aliphatic rings. The van der Waals surface area contributed by atoms with Crippen molar-refractivity contribution in [1.82, 2.24) is 9.38 Å². The van der Waals surface area contributed by atoms with E-state index in [1.807, 2.05) is 24.4 Å². The minimum absolute atomic E-state index is 0.241. The summed E-state index contributed by atoms with van der Waals surface area (Å²) in [5.74, 6) is -0.241. The summed E-state index contributed by atoms with van der Waals surface area (Å²) in [6.07, 6.45) is 1.90. The Morgan fingerprint density at radius 3 is 2.31 bits per heavy atom. The van der Waals surface area contributed by atoms with E-state index >= 15 is 0 Å². The molecular weight excluding hydrogens is 323 g/mol. The van der Waals surface area contributed by atoms with Crippen LogP contribution in [-0.2, 0) is 0 Å². The van der Waals surface area contributed by atoms with Crippen molar-refractivity contribution >= 4 is 27.3 Å². The molecule has 2 aromatic heterocycles. The van der Waals surface area contributed by atoms with E-state index in [1.165, 1.54) is 17.2 Å². The van der Waals surface area contributed by atoms with Crippen molar-refractivity contribution < 1.29 is 4.39 Å². The van der Waals surface area contributed by atoms with E-state index in [4.69, 9.17) is 4.98 Å². The Labute approximate surface area is 150 Å². The van der Waals surface area contributed by atoms with Gasteiger partial charge in [0.1, 0.15) is 11.5 Å². The molecule has 0 N–H and O–H groups in total. The Morgan fingerprint density at radius 2 is 1.54 bits per heavy atom. The molecule has 5 aromatic rings. The second kappa shape index (κ2) is 5.40. The number of benzene rings is 3. The van der Waals surface area contributed by atoms with Crippen molar-refractivity contribution in [2.75, 3.05) is 0 Å². The standard InChI is InChI=1S/C23H17FN2/c1-14-6-5-7-15(2)22(14)21-13-25-23-19-9-4-3-8-17(19)18-11-10-16(24)12-20(18)26(21)23/h3-13H,1-2H3. The first-order valence-electron chi connectivity index (χ1n) is 8.69. The van der Waals surface area contributed by atoms with Crippen LogP contribution in [0, 0.1) is 19.7 Å². The Morgan fingerprint density at radius 1 is 0.808 bits per heavy atom. The zero-order chi connectivity index (χ0) is 17.8. The largest absolute Gasteiger partial charge is 0.292 e. The first kappa shape index (κ1) is 15.1. The number of nitrogens with zero attached hydrogens (tertiary/aromatic N) is 2. The average Bonchev–Trinajstić information content (AvgIpc) is 3.07. The molecule has 0 amide bonds. The van der Waals surface area contributed by atoms with Crippen LogP contribution in [0.25, 0.3) is 38.6 Å². The summed E-state index contributed by atoms with van der Waals surface area (Å²) < 4.78 is 16.2. The summed E-state index contributed by atoms with van der Waals surface area (Å²) in [5.41, 5.74) is 6.22. The summed E-state index contributed by atoms with van der Waals surface area (Å²) >= 11 is 0. The first-order valence-corrected chi connectivity index (χ1v) is 8.69. The molecule has 126 valence electrons. The minimum Gasteiger partial charge on any atom is -0.292 e. The molecule has 0 saturated heterocycles. The van der Waals surface area contributed by atoms with E-state index in [-0.39, 0.29) is 5.82 Å². The molecule has 0 aliphatic heterocycles. The van der Waals surface area contributed by atoms with Gasteiger partial charge in [0, 0.05) is 16.3 Å². The molecule has 0 fully saturated rings. The molecule has 26 heavy (non-hydrogen) atoms. The van der Waals surface area contributed by atoms with Crippen LogP contribution in [-0.4, -0.2) is 9.38 Å². The second-order valence-corrected chi connectivity index (χ2v) is 6.78. The predicted octanol–water partition coefficient (Wildman–Crippen LogP) is 6.06. The summed E-state index contributed by atoms with van der Waals surface area (Å²) in [6, 6.07) is 19.4. The molecule has 0 spiro atoms. The lowest BCUT2D eigenvalue weighted by Gasteiger charge is -2.13. The quantitative estimate of drug-likeness (QED) is 0.339. The maximum absolute atomic E-state index is 14.1. The maximum atomic E-state index is 14.1. The number of aromatic nitrogens is 2. The number of pyridine rings is 1. The average molecular weight is 340 g/mol. The highest BCUT2D eigenvalue weighted by Crippen LogP contribution is 2.35. The number of aryl methyl sites for hydroxylation is 2. The van der Waals surface area contributed by atoms with E-state index in [1.54, 1.807) is 6.07 Å². The van der Waals surface area contributed by atoms with Crippen LogP contribution in [0.3, 0.4) is 0 Å². The third-order valence-corrected chi connectivity index (χ3v) is 5.16. The molecule has 0 bridgehead atoms. The van der Waals surface area contributed by atoms with Gasteiger partial charge in [-0.05, 0) is 48.6 Å². The molecule has 0 unspecified atom stereocenters. The molecule has 3 aromatic carbocycles. The van der Waals surface area contributed by atoms with Crippen LogP contribution < -0.4 is 0 Å². The van der Waals surface area contributed by atoms with Gasteiger partial charge in [0.25, 0.3) is 0 Å². The van der Waals surface area contributed by atoms with Gasteiger partial charge < -0.3 is 0 Å². The number of hydrogen-bond acceptors (Lipinski definition) is 1. The lowest BCUT2D eigenvalue weighted by Crippen LogP contribution is -1.97. The molecule has 0 radical (unpaired) electrons. The van der Waals surface area contributed by atoms with E-state index in [0.29, 0.717) is 0 Å². The SMILES string of the molecule is Cc1cccc(C)c1-c1cnc2c3ccccc3c3ccc(F)cc3n12. The van der Waals surface area contributed by atoms with Crippen LogP contribution in [0.1, 0.15) is 11.1 Å². The molecule has 0 atom stereocenters. The van der Waals surface area contributed by atoms with Gasteiger partial charge in [0.05, 0.1) is 17.4 Å². The zero-order valence-electron chi connectivity index (χ0n) is 14.6. The predicted molar refractivity (Wildman–Crippen MR) is 105 cm³/mol. The van der Waals surface area contributed by atoms with Crippen LogP contribution in [0.5, 0.6) is 0 Å². The Bertz CT molecular complexity index is 1290. The lowest BCUT2D eigenvalue weighted by atomic mass is 10.00. The van der Waals surface area contributed by atoms with Crippen molar-refractivity contribution in [3.05, 3.63) is 83.8 Å². The van der Waals surface area contributed by atoms with Crippen molar-refractivity contribution in [3.8, 4) is 11.3 Å². The highest BCUT2D eigenvalue weighted by atomic mass is 19.1. The van der Waals surface area contributed by atoms with Gasteiger partial charge in [-0.15, -0.1) is 0 Å². The summed E-state index contributed by atoms with van der Waals surface area (Å²) in [4.78, 5) is 4.73. The van der Waals surface area contributed by atoms with Gasteiger partial charge in [-0.3, -0.25) is 4.40 Å². The molecule has 2 nitrogen and oxygen atoms in total. The van der Waals surface area contributed by atoms with Crippen molar-refractivity contribution in [2.24, 2.45) is 0 Å². The lowest BCUT2D eigenvalue weighted by molar-refractivity contribution is 0.629. The van der Waals surface area contributed by atoms with Gasteiger partial charge >= 0.3 is 0 Å². The van der Waals surface area contributed by atoms with Gasteiger partial charge in [0.2, 0.25) is 0 Å². The summed E-state index contributed by atoms with van der Waals surface area (Å²) in [7, 11) is 0. The second-order valence-electron chi connectivity index (χ2n) is 6.78. The van der Waals surface area contributed by atoms with Crippen molar-refractivity contribution in [1.29, 1.82) is 0 Å². The van der Waals surface area contributed by atoms with Gasteiger partial charge in [0.15, 0.2) is 0 Å². The van der Waals surface area contributed by atoms with Crippen LogP contribution >= 0.6 is 0 Å². The molecule has 5 rings (SSSR count). The van der Waals surface area contributed by atoms with Crippen LogP contribution in [0.4, 0.5) is 4.39 Å². The fourth-order valence-corrected chi connectivity index (χ4v) is 4.01. The zero-order valence-corrected chi connectivity index (χ0v) is 14.6. The highest BCUT2D eigenvalue weighted by Gasteiger charge is 2.16. The molecule has 0 saturated carbocycles. The van der Waals surface area contributed by atoms with Gasteiger partial charge in [-0.2, -0.15) is 0 Å². The number of fused-ring (bicyclic) bond motifs is 6. The van der Waals surface area contributed by atoms with Gasteiger partial charge in [-0.25, -0.2) is 9.37 Å². The number of hydrogen-bond donors (Lipinski definition) is 0. The van der Waals surface area contributed by atoms with E-state index < -0.39 is 0 Å². The summed E-state index contributed by atoms with van der Waals surface area (Å²) in [5, 5.41) is 3.19. The first-order chi connectivity index (χ1) is 12.6. The van der Waals surface area contributed by atoms with Crippen molar-refractivity contribution in [2.45, 2.75) is 13.8 Å².